The number of carbonyl (C=O) groups excluding carboxylic acids is 2. The van der Waals surface area contributed by atoms with Crippen molar-refractivity contribution in [1.82, 2.24) is 0 Å². The number of benzene rings is 2. The maximum atomic E-state index is 13.0. The zero-order chi connectivity index (χ0) is 17.9. The third-order valence-corrected chi connectivity index (χ3v) is 3.06. The summed E-state index contributed by atoms with van der Waals surface area (Å²) in [6.45, 7) is 0. The fraction of sp³-hybridized carbons (Fsp3) is 0.0667. The summed E-state index contributed by atoms with van der Waals surface area (Å²) >= 11 is 5.52. The van der Waals surface area contributed by atoms with Crippen LogP contribution in [-0.4, -0.2) is 11.8 Å². The second-order valence-corrected chi connectivity index (χ2v) is 5.04. The average molecular weight is 361 g/mol. The van der Waals surface area contributed by atoms with Crippen LogP contribution in [0.25, 0.3) is 0 Å². The van der Waals surface area contributed by atoms with E-state index in [1.165, 1.54) is 12.1 Å². The maximum Gasteiger partial charge on any atom is 0.418 e. The van der Waals surface area contributed by atoms with Crippen molar-refractivity contribution in [3.8, 4) is 0 Å². The molecule has 2 amide bonds. The van der Waals surface area contributed by atoms with E-state index in [0.717, 1.165) is 24.3 Å². The molecule has 2 aromatic rings. The van der Waals surface area contributed by atoms with Crippen LogP contribution < -0.4 is 10.6 Å². The Hall–Kier alpha value is -2.61. The highest BCUT2D eigenvalue weighted by Gasteiger charge is 2.34. The predicted molar refractivity (Wildman–Crippen MR) is 80.1 cm³/mol. The summed E-state index contributed by atoms with van der Waals surface area (Å²) in [6.07, 6.45) is -4.77. The van der Waals surface area contributed by atoms with Crippen molar-refractivity contribution in [3.05, 3.63) is 58.9 Å². The lowest BCUT2D eigenvalue weighted by atomic mass is 10.1. The van der Waals surface area contributed by atoms with Gasteiger partial charge in [0.25, 0.3) is 0 Å². The average Bonchev–Trinajstić information content (AvgIpc) is 2.48. The topological polar surface area (TPSA) is 58.2 Å². The Morgan fingerprint density at radius 3 is 2.25 bits per heavy atom. The minimum Gasteiger partial charge on any atom is -0.318 e. The van der Waals surface area contributed by atoms with Gasteiger partial charge in [0.2, 0.25) is 0 Å². The summed E-state index contributed by atoms with van der Waals surface area (Å²) in [5.74, 6) is -3.24. The molecule has 0 atom stereocenters. The molecule has 0 saturated carbocycles. The standard InChI is InChI=1S/C15H9ClF4N2O2/c16-8-4-5-12(11(6-8)15(18,19)20)22-14(24)13(23)21-10-3-1-2-9(17)7-10/h1-7H,(H,21,23)(H,22,24). The Labute approximate surface area is 138 Å². The Bertz CT molecular complexity index is 793. The van der Waals surface area contributed by atoms with Crippen LogP contribution in [0.3, 0.4) is 0 Å². The molecule has 2 aromatic carbocycles. The molecule has 0 bridgehead atoms. The summed E-state index contributed by atoms with van der Waals surface area (Å²) in [4.78, 5) is 23.5. The summed E-state index contributed by atoms with van der Waals surface area (Å²) < 4.78 is 51.8. The van der Waals surface area contributed by atoms with E-state index >= 15 is 0 Å². The molecule has 0 radical (unpaired) electrons. The van der Waals surface area contributed by atoms with Gasteiger partial charge in [-0.15, -0.1) is 0 Å². The van der Waals surface area contributed by atoms with Crippen molar-refractivity contribution in [2.24, 2.45) is 0 Å². The molecule has 0 aromatic heterocycles. The van der Waals surface area contributed by atoms with Gasteiger partial charge < -0.3 is 10.6 Å². The van der Waals surface area contributed by atoms with Gasteiger partial charge in [-0.1, -0.05) is 17.7 Å². The fourth-order valence-corrected chi connectivity index (χ4v) is 1.97. The Kier molecular flexibility index (Phi) is 5.08. The lowest BCUT2D eigenvalue weighted by Crippen LogP contribution is -2.30. The van der Waals surface area contributed by atoms with Crippen LogP contribution in [0, 0.1) is 5.82 Å². The van der Waals surface area contributed by atoms with Crippen LogP contribution in [0.15, 0.2) is 42.5 Å². The largest absolute Gasteiger partial charge is 0.418 e. The molecule has 0 fully saturated rings. The molecule has 0 spiro atoms. The molecular weight excluding hydrogens is 352 g/mol. The van der Waals surface area contributed by atoms with Crippen LogP contribution in [0.2, 0.25) is 5.02 Å². The Morgan fingerprint density at radius 1 is 0.958 bits per heavy atom. The maximum absolute atomic E-state index is 13.0. The molecule has 4 nitrogen and oxygen atoms in total. The van der Waals surface area contributed by atoms with E-state index in [0.29, 0.717) is 6.07 Å². The molecule has 0 saturated heterocycles. The third kappa shape index (κ3) is 4.45. The van der Waals surface area contributed by atoms with Crippen molar-refractivity contribution in [1.29, 1.82) is 0 Å². The monoisotopic (exact) mass is 360 g/mol. The summed E-state index contributed by atoms with van der Waals surface area (Å²) in [5, 5.41) is 3.75. The Balaban J connectivity index is 2.16. The lowest BCUT2D eigenvalue weighted by Gasteiger charge is -2.14. The zero-order valence-corrected chi connectivity index (χ0v) is 12.5. The summed E-state index contributed by atoms with van der Waals surface area (Å²) in [7, 11) is 0. The van der Waals surface area contributed by atoms with Crippen LogP contribution in [0.4, 0.5) is 28.9 Å². The SMILES string of the molecule is O=C(Nc1cccc(F)c1)C(=O)Nc1ccc(Cl)cc1C(F)(F)F. The lowest BCUT2D eigenvalue weighted by molar-refractivity contribution is -0.137. The first-order valence-electron chi connectivity index (χ1n) is 6.41. The molecular formula is C15H9ClF4N2O2. The number of nitrogens with one attached hydrogen (secondary N) is 2. The molecule has 9 heteroatoms. The highest BCUT2D eigenvalue weighted by molar-refractivity contribution is 6.43. The zero-order valence-electron chi connectivity index (χ0n) is 11.7. The van der Waals surface area contributed by atoms with Crippen LogP contribution in [-0.2, 0) is 15.8 Å². The highest BCUT2D eigenvalue weighted by Crippen LogP contribution is 2.36. The van der Waals surface area contributed by atoms with Gasteiger partial charge in [0, 0.05) is 10.7 Å². The molecule has 2 N–H and O–H groups in total. The molecule has 0 heterocycles. The van der Waals surface area contributed by atoms with E-state index in [4.69, 9.17) is 11.6 Å². The second kappa shape index (κ2) is 6.88. The quantitative estimate of drug-likeness (QED) is 0.626. The molecule has 0 aliphatic rings. The second-order valence-electron chi connectivity index (χ2n) is 4.61. The summed E-state index contributed by atoms with van der Waals surface area (Å²) in [5.41, 5.74) is -1.82. The molecule has 0 aliphatic heterocycles. The van der Waals surface area contributed by atoms with E-state index in [-0.39, 0.29) is 10.7 Å². The van der Waals surface area contributed by atoms with Crippen molar-refractivity contribution >= 4 is 34.8 Å². The predicted octanol–water partition coefficient (Wildman–Crippen LogP) is 4.08. The molecule has 2 rings (SSSR count). The van der Waals surface area contributed by atoms with Gasteiger partial charge >= 0.3 is 18.0 Å². The number of carbonyl (C=O) groups is 2. The van der Waals surface area contributed by atoms with E-state index in [9.17, 15) is 27.2 Å². The number of rotatable bonds is 2. The van der Waals surface area contributed by atoms with Crippen LogP contribution in [0.1, 0.15) is 5.56 Å². The first-order valence-corrected chi connectivity index (χ1v) is 6.79. The smallest absolute Gasteiger partial charge is 0.318 e. The van der Waals surface area contributed by atoms with Crippen molar-refractivity contribution in [2.75, 3.05) is 10.6 Å². The van der Waals surface area contributed by atoms with Gasteiger partial charge in [0.1, 0.15) is 5.82 Å². The molecule has 126 valence electrons. The third-order valence-electron chi connectivity index (χ3n) is 2.82. The van der Waals surface area contributed by atoms with E-state index in [2.05, 4.69) is 5.32 Å². The van der Waals surface area contributed by atoms with E-state index in [1.54, 1.807) is 0 Å². The van der Waals surface area contributed by atoms with Gasteiger partial charge in [-0.3, -0.25) is 9.59 Å². The van der Waals surface area contributed by atoms with Crippen molar-refractivity contribution in [2.45, 2.75) is 6.18 Å². The van der Waals surface area contributed by atoms with Gasteiger partial charge in [0.05, 0.1) is 11.3 Å². The van der Waals surface area contributed by atoms with E-state index in [1.807, 2.05) is 5.32 Å². The Morgan fingerprint density at radius 2 is 1.62 bits per heavy atom. The first-order chi connectivity index (χ1) is 11.2. The van der Waals surface area contributed by atoms with Crippen molar-refractivity contribution < 1.29 is 27.2 Å². The number of anilines is 2. The minimum atomic E-state index is -4.77. The first kappa shape index (κ1) is 17.7. The van der Waals surface area contributed by atoms with Crippen LogP contribution in [0.5, 0.6) is 0 Å². The number of amides is 2. The molecule has 0 unspecified atom stereocenters. The number of alkyl halides is 3. The number of hydrogen-bond acceptors (Lipinski definition) is 2. The minimum absolute atomic E-state index is 0.0118. The van der Waals surface area contributed by atoms with Gasteiger partial charge in [-0.2, -0.15) is 13.2 Å². The van der Waals surface area contributed by atoms with E-state index < -0.39 is 35.1 Å². The fourth-order valence-electron chi connectivity index (χ4n) is 1.79. The summed E-state index contributed by atoms with van der Waals surface area (Å²) in [6, 6.07) is 7.38. The van der Waals surface area contributed by atoms with Gasteiger partial charge in [0.15, 0.2) is 0 Å². The van der Waals surface area contributed by atoms with Gasteiger partial charge in [-0.25, -0.2) is 4.39 Å². The van der Waals surface area contributed by atoms with Crippen LogP contribution >= 0.6 is 11.6 Å². The molecule has 24 heavy (non-hydrogen) atoms. The molecule has 0 aliphatic carbocycles. The van der Waals surface area contributed by atoms with Gasteiger partial charge in [-0.05, 0) is 36.4 Å². The number of hydrogen-bond donors (Lipinski definition) is 2. The highest BCUT2D eigenvalue weighted by atomic mass is 35.5. The normalized spacial score (nSPS) is 11.0. The van der Waals surface area contributed by atoms with Crippen molar-refractivity contribution in [3.63, 3.8) is 0 Å². The number of halogens is 5.